The fourth-order valence-electron chi connectivity index (χ4n) is 2.26. The van der Waals surface area contributed by atoms with E-state index in [4.69, 9.17) is 16.3 Å². The molecule has 0 N–H and O–H groups in total. The number of halogens is 1. The van der Waals surface area contributed by atoms with E-state index in [0.717, 1.165) is 38.8 Å². The molecule has 0 aliphatic heterocycles. The van der Waals surface area contributed by atoms with Crippen molar-refractivity contribution in [2.45, 2.75) is 17.8 Å². The molecule has 0 spiro atoms. The van der Waals surface area contributed by atoms with E-state index in [-0.39, 0.29) is 0 Å². The standard InChI is InChI=1S/C17H16ClN3OS/c1-12-19-20-17(23-11-13-5-3-6-14(18)9-13)21(12)15-7-4-8-16(10-15)22-2/h3-10H,11H2,1-2H3. The number of rotatable bonds is 5. The summed E-state index contributed by atoms with van der Waals surface area (Å²) in [5.41, 5.74) is 2.14. The molecule has 0 fully saturated rings. The molecule has 0 amide bonds. The molecule has 0 bridgehead atoms. The van der Waals surface area contributed by atoms with Crippen LogP contribution in [0.3, 0.4) is 0 Å². The SMILES string of the molecule is COc1cccc(-n2c(C)nnc2SCc2cccc(Cl)c2)c1. The second kappa shape index (κ2) is 7.06. The van der Waals surface area contributed by atoms with Crippen LogP contribution in [-0.2, 0) is 5.75 Å². The van der Waals surface area contributed by atoms with Gasteiger partial charge in [0.2, 0.25) is 0 Å². The van der Waals surface area contributed by atoms with Crippen LogP contribution in [0, 0.1) is 6.92 Å². The van der Waals surface area contributed by atoms with Crippen molar-refractivity contribution >= 4 is 23.4 Å². The molecule has 0 atom stereocenters. The normalized spacial score (nSPS) is 10.7. The molecule has 4 nitrogen and oxygen atoms in total. The van der Waals surface area contributed by atoms with E-state index in [0.29, 0.717) is 0 Å². The maximum atomic E-state index is 6.03. The Kier molecular flexibility index (Phi) is 4.88. The number of benzene rings is 2. The molecule has 3 rings (SSSR count). The smallest absolute Gasteiger partial charge is 0.196 e. The van der Waals surface area contributed by atoms with Crippen molar-refractivity contribution < 1.29 is 4.74 Å². The molecular weight excluding hydrogens is 330 g/mol. The lowest BCUT2D eigenvalue weighted by Gasteiger charge is -2.10. The predicted octanol–water partition coefficient (Wildman–Crippen LogP) is 4.53. The number of ether oxygens (including phenoxy) is 1. The van der Waals surface area contributed by atoms with Crippen molar-refractivity contribution in [3.8, 4) is 11.4 Å². The maximum absolute atomic E-state index is 6.03. The maximum Gasteiger partial charge on any atom is 0.196 e. The van der Waals surface area contributed by atoms with E-state index in [1.807, 2.05) is 54.0 Å². The lowest BCUT2D eigenvalue weighted by molar-refractivity contribution is 0.414. The van der Waals surface area contributed by atoms with Crippen molar-refractivity contribution in [1.82, 2.24) is 14.8 Å². The Bertz CT molecular complexity index is 819. The van der Waals surface area contributed by atoms with E-state index in [9.17, 15) is 0 Å². The summed E-state index contributed by atoms with van der Waals surface area (Å²) in [5, 5.41) is 10.1. The Morgan fingerprint density at radius 3 is 2.74 bits per heavy atom. The van der Waals surface area contributed by atoms with Crippen LogP contribution in [0.2, 0.25) is 5.02 Å². The first-order valence-electron chi connectivity index (χ1n) is 7.11. The Balaban J connectivity index is 1.86. The van der Waals surface area contributed by atoms with Gasteiger partial charge in [-0.05, 0) is 36.8 Å². The number of aromatic nitrogens is 3. The molecule has 0 saturated heterocycles. The number of thioether (sulfide) groups is 1. The van der Waals surface area contributed by atoms with Crippen molar-refractivity contribution in [3.05, 3.63) is 64.9 Å². The van der Waals surface area contributed by atoms with Gasteiger partial charge in [-0.2, -0.15) is 0 Å². The van der Waals surface area contributed by atoms with Crippen molar-refractivity contribution in [3.63, 3.8) is 0 Å². The summed E-state index contributed by atoms with van der Waals surface area (Å²) < 4.78 is 7.33. The van der Waals surface area contributed by atoms with E-state index in [2.05, 4.69) is 16.3 Å². The second-order valence-corrected chi connectivity index (χ2v) is 6.36. The molecule has 3 aromatic rings. The lowest BCUT2D eigenvalue weighted by Crippen LogP contribution is -1.99. The van der Waals surface area contributed by atoms with Gasteiger partial charge in [0.15, 0.2) is 5.16 Å². The third-order valence-corrected chi connectivity index (χ3v) is 4.60. The molecule has 2 aromatic carbocycles. The third kappa shape index (κ3) is 3.68. The summed E-state index contributed by atoms with van der Waals surface area (Å²) in [6.45, 7) is 1.94. The average Bonchev–Trinajstić information content (AvgIpc) is 2.94. The van der Waals surface area contributed by atoms with Gasteiger partial charge in [-0.25, -0.2) is 0 Å². The van der Waals surface area contributed by atoms with Gasteiger partial charge in [-0.15, -0.1) is 10.2 Å². The van der Waals surface area contributed by atoms with Gasteiger partial charge in [0, 0.05) is 16.8 Å². The quantitative estimate of drug-likeness (QED) is 0.637. The summed E-state index contributed by atoms with van der Waals surface area (Å²) in [6.07, 6.45) is 0. The van der Waals surface area contributed by atoms with Crippen LogP contribution in [0.15, 0.2) is 53.7 Å². The molecule has 0 unspecified atom stereocenters. The van der Waals surface area contributed by atoms with Gasteiger partial charge < -0.3 is 4.74 Å². The number of hydrogen-bond donors (Lipinski definition) is 0. The first kappa shape index (κ1) is 15.9. The van der Waals surface area contributed by atoms with Crippen molar-refractivity contribution in [1.29, 1.82) is 0 Å². The fraction of sp³-hybridized carbons (Fsp3) is 0.176. The number of nitrogens with zero attached hydrogens (tertiary/aromatic N) is 3. The predicted molar refractivity (Wildman–Crippen MR) is 93.7 cm³/mol. The highest BCUT2D eigenvalue weighted by atomic mass is 35.5. The van der Waals surface area contributed by atoms with Crippen LogP contribution in [0.25, 0.3) is 5.69 Å². The molecule has 0 aliphatic carbocycles. The minimum absolute atomic E-state index is 0.744. The van der Waals surface area contributed by atoms with Gasteiger partial charge in [0.1, 0.15) is 11.6 Å². The summed E-state index contributed by atoms with van der Waals surface area (Å²) in [7, 11) is 1.66. The third-order valence-electron chi connectivity index (χ3n) is 3.36. The fourth-order valence-corrected chi connectivity index (χ4v) is 3.41. The minimum atomic E-state index is 0.744. The molecule has 0 radical (unpaired) electrons. The van der Waals surface area contributed by atoms with Crippen LogP contribution in [0.1, 0.15) is 11.4 Å². The lowest BCUT2D eigenvalue weighted by atomic mass is 10.2. The first-order valence-corrected chi connectivity index (χ1v) is 8.47. The molecular formula is C17H16ClN3OS. The van der Waals surface area contributed by atoms with E-state index in [1.165, 1.54) is 0 Å². The molecule has 23 heavy (non-hydrogen) atoms. The van der Waals surface area contributed by atoms with Gasteiger partial charge in [0.05, 0.1) is 12.8 Å². The topological polar surface area (TPSA) is 39.9 Å². The van der Waals surface area contributed by atoms with Crippen LogP contribution in [-0.4, -0.2) is 21.9 Å². The summed E-state index contributed by atoms with van der Waals surface area (Å²) in [6, 6.07) is 15.7. The Labute approximate surface area is 144 Å². The summed E-state index contributed by atoms with van der Waals surface area (Å²) in [4.78, 5) is 0. The van der Waals surface area contributed by atoms with Crippen LogP contribution in [0.5, 0.6) is 5.75 Å². The zero-order chi connectivity index (χ0) is 16.2. The zero-order valence-electron chi connectivity index (χ0n) is 12.9. The largest absolute Gasteiger partial charge is 0.497 e. The highest BCUT2D eigenvalue weighted by Gasteiger charge is 2.12. The van der Waals surface area contributed by atoms with Crippen LogP contribution >= 0.6 is 23.4 Å². The van der Waals surface area contributed by atoms with Gasteiger partial charge in [-0.3, -0.25) is 4.57 Å². The molecule has 1 heterocycles. The van der Waals surface area contributed by atoms with Gasteiger partial charge in [-0.1, -0.05) is 41.6 Å². The summed E-state index contributed by atoms with van der Waals surface area (Å²) in [5.74, 6) is 2.43. The average molecular weight is 346 g/mol. The molecule has 6 heteroatoms. The van der Waals surface area contributed by atoms with Crippen molar-refractivity contribution in [2.24, 2.45) is 0 Å². The minimum Gasteiger partial charge on any atom is -0.497 e. The molecule has 1 aromatic heterocycles. The highest BCUT2D eigenvalue weighted by molar-refractivity contribution is 7.98. The van der Waals surface area contributed by atoms with E-state index in [1.54, 1.807) is 18.9 Å². The number of methoxy groups -OCH3 is 1. The second-order valence-electron chi connectivity index (χ2n) is 4.99. The van der Waals surface area contributed by atoms with Crippen molar-refractivity contribution in [2.75, 3.05) is 7.11 Å². The zero-order valence-corrected chi connectivity index (χ0v) is 14.4. The van der Waals surface area contributed by atoms with E-state index < -0.39 is 0 Å². The number of aryl methyl sites for hydroxylation is 1. The number of hydrogen-bond acceptors (Lipinski definition) is 4. The van der Waals surface area contributed by atoms with Gasteiger partial charge in [0.25, 0.3) is 0 Å². The molecule has 0 saturated carbocycles. The Morgan fingerprint density at radius 1 is 1.13 bits per heavy atom. The monoisotopic (exact) mass is 345 g/mol. The molecule has 118 valence electrons. The molecule has 0 aliphatic rings. The Morgan fingerprint density at radius 2 is 1.96 bits per heavy atom. The summed E-state index contributed by atoms with van der Waals surface area (Å²) >= 11 is 7.66. The van der Waals surface area contributed by atoms with Crippen LogP contribution in [0.4, 0.5) is 0 Å². The van der Waals surface area contributed by atoms with E-state index >= 15 is 0 Å². The highest BCUT2D eigenvalue weighted by Crippen LogP contribution is 2.27. The van der Waals surface area contributed by atoms with Gasteiger partial charge >= 0.3 is 0 Å². The van der Waals surface area contributed by atoms with Crippen LogP contribution < -0.4 is 4.74 Å². The first-order chi connectivity index (χ1) is 11.2. The Hall–Kier alpha value is -1.98.